The molecule has 0 saturated carbocycles. The maximum atomic E-state index is 2.16. The van der Waals surface area contributed by atoms with E-state index in [0.29, 0.717) is 0 Å². The van der Waals surface area contributed by atoms with Gasteiger partial charge >= 0.3 is 0 Å². The fourth-order valence-corrected chi connectivity index (χ4v) is 1.10. The second kappa shape index (κ2) is 21.7. The van der Waals surface area contributed by atoms with Crippen molar-refractivity contribution in [3.63, 3.8) is 0 Å². The molecular formula is C19H32. The van der Waals surface area contributed by atoms with Crippen LogP contribution in [0.3, 0.4) is 0 Å². The summed E-state index contributed by atoms with van der Waals surface area (Å²) < 4.78 is 0. The van der Waals surface area contributed by atoms with Crippen LogP contribution in [-0.4, -0.2) is 0 Å². The fourth-order valence-electron chi connectivity index (χ4n) is 1.10. The monoisotopic (exact) mass is 260 g/mol. The van der Waals surface area contributed by atoms with Crippen LogP contribution in [0.15, 0.2) is 66.7 Å². The summed E-state index contributed by atoms with van der Waals surface area (Å²) in [5.74, 6) is 0. The fraction of sp³-hybridized carbons (Fsp3) is 0.368. The van der Waals surface area contributed by atoms with Crippen LogP contribution in [0.5, 0.6) is 0 Å². The van der Waals surface area contributed by atoms with E-state index < -0.39 is 0 Å². The van der Waals surface area contributed by atoms with Gasteiger partial charge in [0.2, 0.25) is 0 Å². The molecule has 0 aromatic heterocycles. The average Bonchev–Trinajstić information content (AvgIpc) is 2.54. The van der Waals surface area contributed by atoms with Crippen LogP contribution in [0.2, 0.25) is 0 Å². The second-order valence-corrected chi connectivity index (χ2v) is 2.99. The van der Waals surface area contributed by atoms with Crippen LogP contribution in [0, 0.1) is 0 Å². The van der Waals surface area contributed by atoms with Crippen molar-refractivity contribution in [1.29, 1.82) is 0 Å². The van der Waals surface area contributed by atoms with Crippen LogP contribution in [0.4, 0.5) is 0 Å². The van der Waals surface area contributed by atoms with Crippen molar-refractivity contribution in [2.45, 2.75) is 48.5 Å². The first-order valence-electron chi connectivity index (χ1n) is 6.97. The van der Waals surface area contributed by atoms with Crippen molar-refractivity contribution in [3.8, 4) is 0 Å². The van der Waals surface area contributed by atoms with Gasteiger partial charge in [-0.05, 0) is 12.0 Å². The Morgan fingerprint density at radius 2 is 0.842 bits per heavy atom. The summed E-state index contributed by atoms with van der Waals surface area (Å²) in [4.78, 5) is 0. The van der Waals surface area contributed by atoms with Crippen LogP contribution in [0.25, 0.3) is 0 Å². The molecule has 0 fully saturated rings. The molecule has 2 aromatic carbocycles. The van der Waals surface area contributed by atoms with Gasteiger partial charge in [-0.1, -0.05) is 109 Å². The lowest BCUT2D eigenvalue weighted by molar-refractivity contribution is 1.14. The molecule has 0 aliphatic carbocycles. The zero-order valence-corrected chi connectivity index (χ0v) is 12.6. The number of benzene rings is 2. The van der Waals surface area contributed by atoms with Gasteiger partial charge in [-0.15, -0.1) is 0 Å². The minimum Gasteiger partial charge on any atom is -0.0776 e. The molecule has 0 nitrogen and oxygen atoms in total. The van der Waals surface area contributed by atoms with E-state index >= 15 is 0 Å². The summed E-state index contributed by atoms with van der Waals surface area (Å²) in [5.41, 5.74) is 1.41. The molecule has 0 unspecified atom stereocenters. The molecule has 2 aromatic rings. The lowest BCUT2D eigenvalue weighted by atomic mass is 10.2. The average molecular weight is 260 g/mol. The number of rotatable bonds is 1. The third-order valence-corrected chi connectivity index (χ3v) is 1.92. The molecule has 0 atom stereocenters. The molecule has 0 spiro atoms. The molecule has 108 valence electrons. The highest BCUT2D eigenvalue weighted by atomic mass is 13.9. The first kappa shape index (κ1) is 22.6. The molecule has 2 rings (SSSR count). The number of aryl methyl sites for hydroxylation is 1. The van der Waals surface area contributed by atoms with Crippen molar-refractivity contribution in [1.82, 2.24) is 0 Å². The van der Waals surface area contributed by atoms with Crippen LogP contribution in [-0.2, 0) is 6.42 Å². The van der Waals surface area contributed by atoms with Gasteiger partial charge in [-0.25, -0.2) is 0 Å². The van der Waals surface area contributed by atoms with Gasteiger partial charge in [-0.3, -0.25) is 0 Å². The molecule has 0 saturated heterocycles. The van der Waals surface area contributed by atoms with Crippen LogP contribution < -0.4 is 0 Å². The van der Waals surface area contributed by atoms with Gasteiger partial charge in [0.1, 0.15) is 0 Å². The van der Waals surface area contributed by atoms with Crippen molar-refractivity contribution in [3.05, 3.63) is 72.3 Å². The Labute approximate surface area is 121 Å². The van der Waals surface area contributed by atoms with Crippen molar-refractivity contribution in [2.24, 2.45) is 0 Å². The van der Waals surface area contributed by atoms with E-state index in [9.17, 15) is 0 Å². The first-order chi connectivity index (χ1) is 8.93. The normalized spacial score (nSPS) is 7.00. The summed E-state index contributed by atoms with van der Waals surface area (Å²) in [6.07, 6.45) is 1.14. The van der Waals surface area contributed by atoms with Crippen molar-refractivity contribution >= 4 is 0 Å². The highest BCUT2D eigenvalue weighted by Crippen LogP contribution is 1.96. The maximum absolute atomic E-state index is 2.16. The third kappa shape index (κ3) is 16.4. The SMILES string of the molecule is C.CC.CC.CCc1ccccc1.c1ccccc1. The topological polar surface area (TPSA) is 0 Å². The highest BCUT2D eigenvalue weighted by Gasteiger charge is 1.79. The molecule has 0 heterocycles. The van der Waals surface area contributed by atoms with Crippen LogP contribution >= 0.6 is 0 Å². The molecule has 0 bridgehead atoms. The quantitative estimate of drug-likeness (QED) is 0.540. The van der Waals surface area contributed by atoms with Crippen LogP contribution in [0.1, 0.15) is 47.6 Å². The minimum atomic E-state index is 0. The number of hydrogen-bond donors (Lipinski definition) is 0. The Morgan fingerprint density at radius 3 is 1.05 bits per heavy atom. The highest BCUT2D eigenvalue weighted by molar-refractivity contribution is 5.13. The summed E-state index contributed by atoms with van der Waals surface area (Å²) >= 11 is 0. The zero-order valence-electron chi connectivity index (χ0n) is 12.6. The van der Waals surface area contributed by atoms with E-state index in [2.05, 4.69) is 31.2 Å². The second-order valence-electron chi connectivity index (χ2n) is 2.99. The summed E-state index contributed by atoms with van der Waals surface area (Å²) in [6, 6.07) is 22.5. The molecule has 0 aliphatic rings. The molecular weight excluding hydrogens is 228 g/mol. The Kier molecular flexibility index (Phi) is 25.8. The molecule has 0 N–H and O–H groups in total. The number of hydrogen-bond acceptors (Lipinski definition) is 0. The van der Waals surface area contributed by atoms with Gasteiger partial charge in [0.15, 0.2) is 0 Å². The third-order valence-electron chi connectivity index (χ3n) is 1.92. The minimum absolute atomic E-state index is 0. The molecule has 0 heteroatoms. The molecule has 19 heavy (non-hydrogen) atoms. The smallest absolute Gasteiger partial charge is 0.0307 e. The first-order valence-corrected chi connectivity index (χ1v) is 6.97. The summed E-state index contributed by atoms with van der Waals surface area (Å²) in [7, 11) is 0. The maximum Gasteiger partial charge on any atom is -0.0307 e. The molecule has 0 radical (unpaired) electrons. The van der Waals surface area contributed by atoms with E-state index in [0.717, 1.165) is 6.42 Å². The Balaban J connectivity index is -0.000000209. The van der Waals surface area contributed by atoms with E-state index in [1.54, 1.807) is 0 Å². The standard InChI is InChI=1S/C8H10.C6H6.2C2H6.CH4/c1-2-8-6-4-3-5-7-8;1-2-4-6-5-3-1;2*1-2;/h3-7H,2H2,1H3;1-6H;2*1-2H3;1H4. The van der Waals surface area contributed by atoms with E-state index in [1.807, 2.05) is 70.2 Å². The zero-order chi connectivity index (χ0) is 14.1. The van der Waals surface area contributed by atoms with Gasteiger partial charge in [0, 0.05) is 0 Å². The van der Waals surface area contributed by atoms with E-state index in [1.165, 1.54) is 5.56 Å². The predicted octanol–water partition coefficient (Wildman–Crippen LogP) is 6.62. The molecule has 0 amide bonds. The Morgan fingerprint density at radius 1 is 0.579 bits per heavy atom. The van der Waals surface area contributed by atoms with Gasteiger partial charge in [0.25, 0.3) is 0 Å². The summed E-state index contributed by atoms with van der Waals surface area (Å²) in [5, 5.41) is 0. The van der Waals surface area contributed by atoms with E-state index in [-0.39, 0.29) is 7.43 Å². The van der Waals surface area contributed by atoms with Crippen molar-refractivity contribution in [2.75, 3.05) is 0 Å². The summed E-state index contributed by atoms with van der Waals surface area (Å²) in [6.45, 7) is 10.2. The Bertz CT molecular complexity index is 284. The van der Waals surface area contributed by atoms with Gasteiger partial charge < -0.3 is 0 Å². The van der Waals surface area contributed by atoms with Gasteiger partial charge in [-0.2, -0.15) is 0 Å². The Hall–Kier alpha value is -1.56. The molecule has 0 aliphatic heterocycles. The van der Waals surface area contributed by atoms with E-state index in [4.69, 9.17) is 0 Å². The predicted molar refractivity (Wildman–Crippen MR) is 91.7 cm³/mol. The largest absolute Gasteiger partial charge is 0.0776 e. The van der Waals surface area contributed by atoms with Gasteiger partial charge in [0.05, 0.1) is 0 Å². The lowest BCUT2D eigenvalue weighted by Gasteiger charge is -1.89. The van der Waals surface area contributed by atoms with Crippen molar-refractivity contribution < 1.29 is 0 Å². The lowest BCUT2D eigenvalue weighted by Crippen LogP contribution is -1.73.